The van der Waals surface area contributed by atoms with E-state index in [1.54, 1.807) is 28.9 Å². The maximum atomic E-state index is 12.5. The number of carbonyl (C=O) groups excluding carboxylic acids is 2. The van der Waals surface area contributed by atoms with Crippen molar-refractivity contribution in [3.8, 4) is 11.4 Å². The van der Waals surface area contributed by atoms with Gasteiger partial charge in [0.05, 0.1) is 23.0 Å². The summed E-state index contributed by atoms with van der Waals surface area (Å²) in [6.07, 6.45) is 2.27. The molecule has 1 heterocycles. The second-order valence-corrected chi connectivity index (χ2v) is 7.79. The van der Waals surface area contributed by atoms with Gasteiger partial charge in [0.1, 0.15) is 11.6 Å². The van der Waals surface area contributed by atoms with E-state index in [1.807, 2.05) is 50.2 Å². The van der Waals surface area contributed by atoms with E-state index in [-0.39, 0.29) is 12.7 Å². The van der Waals surface area contributed by atoms with E-state index in [9.17, 15) is 9.59 Å². The fraction of sp³-hybridized carbons (Fsp3) is 0.292. The minimum Gasteiger partial charge on any atom is -0.491 e. The molecule has 0 unspecified atom stereocenters. The number of nitrogens with zero attached hydrogens (tertiary/aromatic N) is 2. The quantitative estimate of drug-likeness (QED) is 0.550. The molecule has 7 heteroatoms. The van der Waals surface area contributed by atoms with Gasteiger partial charge in [-0.1, -0.05) is 18.2 Å². The molecule has 0 radical (unpaired) electrons. The van der Waals surface area contributed by atoms with Gasteiger partial charge in [-0.15, -0.1) is 0 Å². The third-order valence-corrected chi connectivity index (χ3v) is 4.79. The lowest BCUT2D eigenvalue weighted by atomic mass is 10.2. The van der Waals surface area contributed by atoms with Crippen LogP contribution in [0.4, 0.5) is 5.82 Å². The van der Waals surface area contributed by atoms with Crippen LogP contribution in [-0.4, -0.2) is 34.4 Å². The minimum atomic E-state index is -0.568. The summed E-state index contributed by atoms with van der Waals surface area (Å²) in [5.41, 5.74) is 2.17. The van der Waals surface area contributed by atoms with Gasteiger partial charge in [-0.2, -0.15) is 5.10 Å². The number of aromatic nitrogens is 2. The Morgan fingerprint density at radius 3 is 2.45 bits per heavy atom. The Morgan fingerprint density at radius 2 is 1.81 bits per heavy atom. The van der Waals surface area contributed by atoms with Crippen molar-refractivity contribution in [2.24, 2.45) is 0 Å². The molecule has 7 nitrogen and oxygen atoms in total. The maximum absolute atomic E-state index is 12.5. The number of para-hydroxylation sites is 1. The molecule has 160 valence electrons. The third-order valence-electron chi connectivity index (χ3n) is 4.79. The van der Waals surface area contributed by atoms with E-state index >= 15 is 0 Å². The second kappa shape index (κ2) is 9.04. The molecular formula is C24H25N3O4. The fourth-order valence-corrected chi connectivity index (χ4v) is 3.17. The molecule has 1 aliphatic rings. The highest BCUT2D eigenvalue weighted by Crippen LogP contribution is 2.40. The van der Waals surface area contributed by atoms with Crippen molar-refractivity contribution >= 4 is 17.7 Å². The van der Waals surface area contributed by atoms with Crippen LogP contribution in [-0.2, 0) is 9.53 Å². The van der Waals surface area contributed by atoms with Crippen molar-refractivity contribution in [3.63, 3.8) is 0 Å². The second-order valence-electron chi connectivity index (χ2n) is 7.79. The van der Waals surface area contributed by atoms with Crippen LogP contribution in [0, 0.1) is 0 Å². The van der Waals surface area contributed by atoms with Gasteiger partial charge < -0.3 is 14.8 Å². The summed E-state index contributed by atoms with van der Waals surface area (Å²) in [7, 11) is 0. The molecule has 1 saturated carbocycles. The fourth-order valence-electron chi connectivity index (χ4n) is 3.17. The summed E-state index contributed by atoms with van der Waals surface area (Å²) in [4.78, 5) is 24.7. The molecule has 4 rings (SSSR count). The molecule has 1 aromatic heterocycles. The molecular weight excluding hydrogens is 394 g/mol. The molecule has 1 aliphatic carbocycles. The number of nitrogens with one attached hydrogen (secondary N) is 1. The summed E-state index contributed by atoms with van der Waals surface area (Å²) in [6, 6.07) is 18.1. The van der Waals surface area contributed by atoms with Crippen LogP contribution in [0.15, 0.2) is 60.7 Å². The van der Waals surface area contributed by atoms with Crippen molar-refractivity contribution in [2.75, 3.05) is 11.9 Å². The lowest BCUT2D eigenvalue weighted by Gasteiger charge is -2.10. The first-order chi connectivity index (χ1) is 15.0. The number of hydrogen-bond donors (Lipinski definition) is 1. The Hall–Kier alpha value is -3.61. The highest BCUT2D eigenvalue weighted by Gasteiger charge is 2.28. The van der Waals surface area contributed by atoms with Gasteiger partial charge in [0.15, 0.2) is 6.61 Å². The normalized spacial score (nSPS) is 13.1. The Kier molecular flexibility index (Phi) is 6.02. The first-order valence-corrected chi connectivity index (χ1v) is 10.4. The summed E-state index contributed by atoms with van der Waals surface area (Å²) in [5.74, 6) is 0.685. The maximum Gasteiger partial charge on any atom is 0.338 e. The average molecular weight is 419 g/mol. The SMILES string of the molecule is CC(C)Oc1ccc(C(=O)OCC(=O)Nc2cc(C3CC3)nn2-c2ccccc2)cc1. The summed E-state index contributed by atoms with van der Waals surface area (Å²) in [5, 5.41) is 7.46. The van der Waals surface area contributed by atoms with E-state index in [0.29, 0.717) is 23.0 Å². The van der Waals surface area contributed by atoms with Crippen LogP contribution in [0.3, 0.4) is 0 Å². The monoisotopic (exact) mass is 419 g/mol. The molecule has 0 saturated heterocycles. The molecule has 1 fully saturated rings. The third kappa shape index (κ3) is 5.31. The van der Waals surface area contributed by atoms with E-state index in [1.165, 1.54) is 0 Å². The van der Waals surface area contributed by atoms with Crippen molar-refractivity contribution < 1.29 is 19.1 Å². The molecule has 3 aromatic rings. The number of anilines is 1. The highest BCUT2D eigenvalue weighted by atomic mass is 16.5. The van der Waals surface area contributed by atoms with E-state index in [0.717, 1.165) is 24.2 Å². The van der Waals surface area contributed by atoms with Crippen molar-refractivity contribution in [1.29, 1.82) is 0 Å². The highest BCUT2D eigenvalue weighted by molar-refractivity contribution is 5.95. The Labute approximate surface area is 181 Å². The summed E-state index contributed by atoms with van der Waals surface area (Å²) < 4.78 is 12.4. The number of carbonyl (C=O) groups is 2. The van der Waals surface area contributed by atoms with Crippen LogP contribution in [0.5, 0.6) is 5.75 Å². The standard InChI is InChI=1S/C24H25N3O4/c1-16(2)31-20-12-10-18(11-13-20)24(29)30-15-23(28)25-22-14-21(17-8-9-17)26-27(22)19-6-4-3-5-7-19/h3-7,10-14,16-17H,8-9,15H2,1-2H3,(H,25,28). The van der Waals surface area contributed by atoms with E-state index < -0.39 is 11.9 Å². The van der Waals surface area contributed by atoms with Crippen LogP contribution >= 0.6 is 0 Å². The van der Waals surface area contributed by atoms with Gasteiger partial charge in [0, 0.05) is 12.0 Å². The number of ether oxygens (including phenoxy) is 2. The van der Waals surface area contributed by atoms with Gasteiger partial charge in [-0.05, 0) is 63.1 Å². The van der Waals surface area contributed by atoms with Gasteiger partial charge in [0.2, 0.25) is 0 Å². The first-order valence-electron chi connectivity index (χ1n) is 10.4. The topological polar surface area (TPSA) is 82.4 Å². The lowest BCUT2D eigenvalue weighted by Crippen LogP contribution is -2.22. The van der Waals surface area contributed by atoms with Crippen molar-refractivity contribution in [1.82, 2.24) is 9.78 Å². The minimum absolute atomic E-state index is 0.0475. The van der Waals surface area contributed by atoms with Gasteiger partial charge in [0.25, 0.3) is 5.91 Å². The molecule has 0 aliphatic heterocycles. The van der Waals surface area contributed by atoms with Crippen LogP contribution in [0.25, 0.3) is 5.69 Å². The van der Waals surface area contributed by atoms with Gasteiger partial charge in [-0.25, -0.2) is 9.48 Å². The molecule has 2 aromatic carbocycles. The van der Waals surface area contributed by atoms with Gasteiger partial charge >= 0.3 is 5.97 Å². The Balaban J connectivity index is 1.38. The zero-order valence-electron chi connectivity index (χ0n) is 17.6. The Morgan fingerprint density at radius 1 is 1.10 bits per heavy atom. The number of hydrogen-bond acceptors (Lipinski definition) is 5. The molecule has 31 heavy (non-hydrogen) atoms. The number of benzene rings is 2. The smallest absolute Gasteiger partial charge is 0.338 e. The van der Waals surface area contributed by atoms with Crippen LogP contribution < -0.4 is 10.1 Å². The summed E-state index contributed by atoms with van der Waals surface area (Å²) >= 11 is 0. The molecule has 0 atom stereocenters. The van der Waals surface area contributed by atoms with Crippen molar-refractivity contribution in [3.05, 3.63) is 71.9 Å². The molecule has 0 spiro atoms. The summed E-state index contributed by atoms with van der Waals surface area (Å²) in [6.45, 7) is 3.47. The lowest BCUT2D eigenvalue weighted by molar-refractivity contribution is -0.119. The van der Waals surface area contributed by atoms with Crippen molar-refractivity contribution in [2.45, 2.75) is 38.7 Å². The van der Waals surface area contributed by atoms with Crippen LogP contribution in [0.1, 0.15) is 48.7 Å². The molecule has 1 amide bonds. The number of rotatable bonds is 8. The first kappa shape index (κ1) is 20.7. The van der Waals surface area contributed by atoms with Gasteiger partial charge in [-0.3, -0.25) is 4.79 Å². The average Bonchev–Trinajstić information content (AvgIpc) is 3.53. The predicted molar refractivity (Wildman–Crippen MR) is 117 cm³/mol. The zero-order valence-corrected chi connectivity index (χ0v) is 17.6. The zero-order chi connectivity index (χ0) is 21.8. The number of amides is 1. The molecule has 1 N–H and O–H groups in total. The van der Waals surface area contributed by atoms with E-state index in [4.69, 9.17) is 9.47 Å². The van der Waals surface area contributed by atoms with E-state index in [2.05, 4.69) is 10.4 Å². The Bertz CT molecular complexity index is 1050. The molecule has 0 bridgehead atoms. The predicted octanol–water partition coefficient (Wildman–Crippen LogP) is 4.33. The largest absolute Gasteiger partial charge is 0.491 e. The number of esters is 1. The van der Waals surface area contributed by atoms with Crippen LogP contribution in [0.2, 0.25) is 0 Å².